The highest BCUT2D eigenvalue weighted by atomic mass is 32.1. The maximum atomic E-state index is 5.86. The average molecular weight is 492 g/mol. The number of hydrazone groups is 1. The van der Waals surface area contributed by atoms with Crippen molar-refractivity contribution in [3.63, 3.8) is 0 Å². The van der Waals surface area contributed by atoms with Crippen molar-refractivity contribution in [3.05, 3.63) is 89.5 Å². The summed E-state index contributed by atoms with van der Waals surface area (Å²) in [4.78, 5) is 0. The number of rotatable bonds is 12. The van der Waals surface area contributed by atoms with Crippen LogP contribution in [0.5, 0.6) is 17.2 Å². The molecule has 7 heteroatoms. The number of thiocarbonyl (C=S) groups is 1. The van der Waals surface area contributed by atoms with Gasteiger partial charge in [0.2, 0.25) is 0 Å². The van der Waals surface area contributed by atoms with Crippen molar-refractivity contribution in [2.75, 3.05) is 20.3 Å². The molecule has 0 fully saturated rings. The van der Waals surface area contributed by atoms with Gasteiger partial charge < -0.3 is 19.5 Å². The molecule has 1 unspecified atom stereocenters. The van der Waals surface area contributed by atoms with Crippen LogP contribution in [0.4, 0.5) is 0 Å². The molecule has 0 radical (unpaired) electrons. The molecule has 3 aromatic carbocycles. The molecule has 0 spiro atoms. The zero-order valence-electron chi connectivity index (χ0n) is 20.5. The minimum atomic E-state index is 0.403. The SMILES string of the molecule is CCC(C)c1ccc(OCCOc2ccc(C=NNC(=S)NCc3ccccc3)cc2OC)cc1. The Bertz CT molecular complexity index is 1090. The summed E-state index contributed by atoms with van der Waals surface area (Å²) in [6, 6.07) is 23.9. The Kier molecular flexibility index (Phi) is 10.4. The molecular weight excluding hydrogens is 458 g/mol. The predicted molar refractivity (Wildman–Crippen MR) is 146 cm³/mol. The van der Waals surface area contributed by atoms with E-state index >= 15 is 0 Å². The van der Waals surface area contributed by atoms with Crippen molar-refractivity contribution in [1.29, 1.82) is 0 Å². The van der Waals surface area contributed by atoms with Crippen LogP contribution in [0.25, 0.3) is 0 Å². The van der Waals surface area contributed by atoms with E-state index in [4.69, 9.17) is 26.4 Å². The van der Waals surface area contributed by atoms with Crippen LogP contribution in [0, 0.1) is 0 Å². The van der Waals surface area contributed by atoms with E-state index < -0.39 is 0 Å². The first-order valence-electron chi connectivity index (χ1n) is 11.7. The smallest absolute Gasteiger partial charge is 0.187 e. The van der Waals surface area contributed by atoms with Gasteiger partial charge in [0.05, 0.1) is 13.3 Å². The van der Waals surface area contributed by atoms with Crippen LogP contribution in [0.2, 0.25) is 0 Å². The molecule has 0 heterocycles. The summed E-state index contributed by atoms with van der Waals surface area (Å²) in [7, 11) is 1.61. The summed E-state index contributed by atoms with van der Waals surface area (Å²) in [5.74, 6) is 2.66. The lowest BCUT2D eigenvalue weighted by Gasteiger charge is -2.13. The number of methoxy groups -OCH3 is 1. The van der Waals surface area contributed by atoms with Crippen molar-refractivity contribution in [3.8, 4) is 17.2 Å². The van der Waals surface area contributed by atoms with Gasteiger partial charge in [-0.05, 0) is 71.6 Å². The normalized spacial score (nSPS) is 11.6. The molecule has 3 aromatic rings. The number of nitrogens with one attached hydrogen (secondary N) is 2. The Balaban J connectivity index is 1.43. The van der Waals surface area contributed by atoms with Crippen molar-refractivity contribution in [1.82, 2.24) is 10.7 Å². The quantitative estimate of drug-likeness (QED) is 0.147. The molecule has 6 nitrogen and oxygen atoms in total. The third-order valence-electron chi connectivity index (χ3n) is 5.53. The van der Waals surface area contributed by atoms with Crippen LogP contribution in [-0.2, 0) is 6.54 Å². The molecule has 0 saturated carbocycles. The van der Waals surface area contributed by atoms with E-state index in [1.54, 1.807) is 13.3 Å². The molecular formula is C28H33N3O3S. The van der Waals surface area contributed by atoms with Gasteiger partial charge in [-0.3, -0.25) is 5.43 Å². The summed E-state index contributed by atoms with van der Waals surface area (Å²) in [6.45, 7) is 5.89. The second-order valence-electron chi connectivity index (χ2n) is 8.02. The zero-order valence-corrected chi connectivity index (χ0v) is 21.3. The van der Waals surface area contributed by atoms with Crippen molar-refractivity contribution < 1.29 is 14.2 Å². The monoisotopic (exact) mass is 491 g/mol. The van der Waals surface area contributed by atoms with E-state index in [0.717, 1.165) is 23.3 Å². The van der Waals surface area contributed by atoms with Crippen LogP contribution in [0.3, 0.4) is 0 Å². The van der Waals surface area contributed by atoms with Gasteiger partial charge in [-0.1, -0.05) is 56.3 Å². The second kappa shape index (κ2) is 14.0. The lowest BCUT2D eigenvalue weighted by atomic mass is 9.99. The molecule has 3 rings (SSSR count). The summed E-state index contributed by atoms with van der Waals surface area (Å²) >= 11 is 5.26. The Hall–Kier alpha value is -3.58. The predicted octanol–water partition coefficient (Wildman–Crippen LogP) is 5.66. The molecule has 2 N–H and O–H groups in total. The highest BCUT2D eigenvalue weighted by molar-refractivity contribution is 7.80. The first-order valence-corrected chi connectivity index (χ1v) is 12.1. The average Bonchev–Trinajstić information content (AvgIpc) is 2.90. The van der Waals surface area contributed by atoms with E-state index in [-0.39, 0.29) is 0 Å². The van der Waals surface area contributed by atoms with E-state index in [9.17, 15) is 0 Å². The van der Waals surface area contributed by atoms with E-state index in [0.29, 0.717) is 42.3 Å². The van der Waals surface area contributed by atoms with Gasteiger partial charge in [-0.2, -0.15) is 5.10 Å². The minimum Gasteiger partial charge on any atom is -0.493 e. The molecule has 0 amide bonds. The molecule has 0 aliphatic carbocycles. The van der Waals surface area contributed by atoms with Gasteiger partial charge in [0, 0.05) is 6.54 Å². The van der Waals surface area contributed by atoms with Crippen LogP contribution < -0.4 is 25.0 Å². The van der Waals surface area contributed by atoms with E-state index in [1.165, 1.54) is 5.56 Å². The van der Waals surface area contributed by atoms with Crippen LogP contribution in [0.1, 0.15) is 42.9 Å². The minimum absolute atomic E-state index is 0.403. The topological polar surface area (TPSA) is 64.1 Å². The van der Waals surface area contributed by atoms with E-state index in [1.807, 2.05) is 60.7 Å². The van der Waals surface area contributed by atoms with Crippen molar-refractivity contribution >= 4 is 23.5 Å². The molecule has 0 aliphatic heterocycles. The molecule has 35 heavy (non-hydrogen) atoms. The van der Waals surface area contributed by atoms with Gasteiger partial charge in [-0.25, -0.2) is 0 Å². The maximum Gasteiger partial charge on any atom is 0.187 e. The highest BCUT2D eigenvalue weighted by Crippen LogP contribution is 2.27. The highest BCUT2D eigenvalue weighted by Gasteiger charge is 2.06. The summed E-state index contributed by atoms with van der Waals surface area (Å²) in [5, 5.41) is 7.76. The summed E-state index contributed by atoms with van der Waals surface area (Å²) in [6.07, 6.45) is 2.80. The van der Waals surface area contributed by atoms with Gasteiger partial charge >= 0.3 is 0 Å². The Morgan fingerprint density at radius 2 is 1.71 bits per heavy atom. The lowest BCUT2D eigenvalue weighted by molar-refractivity contribution is 0.211. The second-order valence-corrected chi connectivity index (χ2v) is 8.43. The number of ether oxygens (including phenoxy) is 3. The van der Waals surface area contributed by atoms with Gasteiger partial charge in [-0.15, -0.1) is 0 Å². The fourth-order valence-electron chi connectivity index (χ4n) is 3.31. The van der Waals surface area contributed by atoms with Gasteiger partial charge in [0.15, 0.2) is 16.6 Å². The zero-order chi connectivity index (χ0) is 24.9. The summed E-state index contributed by atoms with van der Waals surface area (Å²) < 4.78 is 17.1. The van der Waals surface area contributed by atoms with Crippen LogP contribution >= 0.6 is 12.2 Å². The summed E-state index contributed by atoms with van der Waals surface area (Å²) in [5.41, 5.74) is 6.15. The Labute approximate surface area is 213 Å². The van der Waals surface area contributed by atoms with Crippen LogP contribution in [-0.4, -0.2) is 31.7 Å². The maximum absolute atomic E-state index is 5.86. The fourth-order valence-corrected chi connectivity index (χ4v) is 3.43. The van der Waals surface area contributed by atoms with Crippen molar-refractivity contribution in [2.24, 2.45) is 5.10 Å². The molecule has 0 saturated heterocycles. The third kappa shape index (κ3) is 8.61. The first kappa shape index (κ1) is 26.0. The van der Waals surface area contributed by atoms with E-state index in [2.05, 4.69) is 41.8 Å². The third-order valence-corrected chi connectivity index (χ3v) is 5.77. The molecule has 1 atom stereocenters. The van der Waals surface area contributed by atoms with Crippen LogP contribution in [0.15, 0.2) is 77.9 Å². The largest absolute Gasteiger partial charge is 0.493 e. The Morgan fingerprint density at radius 3 is 2.43 bits per heavy atom. The number of hydrogen-bond donors (Lipinski definition) is 2. The molecule has 184 valence electrons. The first-order chi connectivity index (χ1) is 17.1. The van der Waals surface area contributed by atoms with Crippen molar-refractivity contribution in [2.45, 2.75) is 32.7 Å². The lowest BCUT2D eigenvalue weighted by Crippen LogP contribution is -2.31. The number of nitrogens with zero attached hydrogens (tertiary/aromatic N) is 1. The number of hydrogen-bond acceptors (Lipinski definition) is 5. The fraction of sp³-hybridized carbons (Fsp3) is 0.286. The number of benzene rings is 3. The Morgan fingerprint density at radius 1 is 0.971 bits per heavy atom. The standard InChI is InChI=1S/C28H33N3O3S/c1-4-21(2)24-11-13-25(14-12-24)33-16-17-34-26-15-10-23(18-27(26)32-3)20-30-31-28(35)29-19-22-8-6-5-7-9-22/h5-15,18,20-21H,4,16-17,19H2,1-3H3,(H2,29,31,35). The van der Waals surface area contributed by atoms with Gasteiger partial charge in [0.1, 0.15) is 19.0 Å². The molecule has 0 aromatic heterocycles. The van der Waals surface area contributed by atoms with Gasteiger partial charge in [0.25, 0.3) is 0 Å². The molecule has 0 bridgehead atoms. The molecule has 0 aliphatic rings.